The van der Waals surface area contributed by atoms with E-state index in [1.807, 2.05) is 32.2 Å². The molecular formula is C13H17N. The molecule has 0 fully saturated rings. The van der Waals surface area contributed by atoms with Crippen LogP contribution in [0.2, 0.25) is 0 Å². The van der Waals surface area contributed by atoms with E-state index in [0.717, 1.165) is 11.1 Å². The summed E-state index contributed by atoms with van der Waals surface area (Å²) in [4.78, 5) is 0. The Hall–Kier alpha value is -1.34. The van der Waals surface area contributed by atoms with Gasteiger partial charge in [0, 0.05) is 0 Å². The summed E-state index contributed by atoms with van der Waals surface area (Å²) in [5.41, 5.74) is 3.29. The molecule has 1 N–H and O–H groups in total. The fourth-order valence-electron chi connectivity index (χ4n) is 1.43. The van der Waals surface area contributed by atoms with E-state index in [4.69, 9.17) is 0 Å². The summed E-state index contributed by atoms with van der Waals surface area (Å²) in [6.07, 6.45) is 0. The molecule has 0 aliphatic carbocycles. The first-order valence-corrected chi connectivity index (χ1v) is 4.73. The van der Waals surface area contributed by atoms with Crippen molar-refractivity contribution in [3.63, 3.8) is 0 Å². The van der Waals surface area contributed by atoms with Gasteiger partial charge in [-0.15, -0.1) is 0 Å². The van der Waals surface area contributed by atoms with Crippen LogP contribution in [-0.4, -0.2) is 7.05 Å². The standard InChI is InChI=1S/C13H17N/c1-10(2)11(3)13(14-4)12-8-6-5-7-9-12/h5-9,13-14H,1,3H2,2,4H3. The minimum Gasteiger partial charge on any atom is -0.309 e. The molecule has 0 spiro atoms. The van der Waals surface area contributed by atoms with Gasteiger partial charge < -0.3 is 5.32 Å². The lowest BCUT2D eigenvalue weighted by Gasteiger charge is -2.19. The number of hydrogen-bond acceptors (Lipinski definition) is 1. The van der Waals surface area contributed by atoms with Crippen molar-refractivity contribution in [1.29, 1.82) is 0 Å². The molecule has 1 heteroatoms. The van der Waals surface area contributed by atoms with E-state index in [0.29, 0.717) is 0 Å². The quantitative estimate of drug-likeness (QED) is 0.714. The van der Waals surface area contributed by atoms with Crippen molar-refractivity contribution in [3.05, 3.63) is 60.2 Å². The number of rotatable bonds is 4. The highest BCUT2D eigenvalue weighted by Gasteiger charge is 2.12. The lowest BCUT2D eigenvalue weighted by molar-refractivity contribution is 0.686. The topological polar surface area (TPSA) is 12.0 Å². The second-order valence-electron chi connectivity index (χ2n) is 3.44. The number of likely N-dealkylation sites (N-methyl/N-ethyl adjacent to an activating group) is 1. The highest BCUT2D eigenvalue weighted by Crippen LogP contribution is 2.23. The van der Waals surface area contributed by atoms with Gasteiger partial charge in [0.2, 0.25) is 0 Å². The third-order valence-corrected chi connectivity index (χ3v) is 2.32. The van der Waals surface area contributed by atoms with Crippen molar-refractivity contribution in [1.82, 2.24) is 5.32 Å². The lowest BCUT2D eigenvalue weighted by atomic mass is 9.96. The van der Waals surface area contributed by atoms with Gasteiger partial charge in [-0.25, -0.2) is 0 Å². The third kappa shape index (κ3) is 2.33. The van der Waals surface area contributed by atoms with Crippen LogP contribution in [0, 0.1) is 0 Å². The molecule has 74 valence electrons. The highest BCUT2D eigenvalue weighted by molar-refractivity contribution is 5.36. The van der Waals surface area contributed by atoms with Crippen molar-refractivity contribution >= 4 is 0 Å². The van der Waals surface area contributed by atoms with Crippen LogP contribution in [0.4, 0.5) is 0 Å². The summed E-state index contributed by atoms with van der Waals surface area (Å²) in [6, 6.07) is 10.4. The second kappa shape index (κ2) is 4.77. The summed E-state index contributed by atoms with van der Waals surface area (Å²) in [5.74, 6) is 0. The Bertz CT molecular complexity index is 324. The smallest absolute Gasteiger partial charge is 0.0570 e. The second-order valence-corrected chi connectivity index (χ2v) is 3.44. The lowest BCUT2D eigenvalue weighted by Crippen LogP contribution is -2.18. The van der Waals surface area contributed by atoms with Crippen LogP contribution in [0.3, 0.4) is 0 Å². The van der Waals surface area contributed by atoms with Gasteiger partial charge in [-0.05, 0) is 25.1 Å². The van der Waals surface area contributed by atoms with Crippen molar-refractivity contribution < 1.29 is 0 Å². The van der Waals surface area contributed by atoms with Gasteiger partial charge >= 0.3 is 0 Å². The molecule has 0 bridgehead atoms. The molecule has 0 amide bonds. The van der Waals surface area contributed by atoms with Crippen molar-refractivity contribution in [2.24, 2.45) is 0 Å². The van der Waals surface area contributed by atoms with Gasteiger partial charge in [0.15, 0.2) is 0 Å². The summed E-state index contributed by atoms with van der Waals surface area (Å²) < 4.78 is 0. The van der Waals surface area contributed by atoms with E-state index >= 15 is 0 Å². The normalized spacial score (nSPS) is 12.1. The maximum Gasteiger partial charge on any atom is 0.0570 e. The highest BCUT2D eigenvalue weighted by atomic mass is 14.9. The Morgan fingerprint density at radius 2 is 1.79 bits per heavy atom. The molecule has 0 aromatic heterocycles. The summed E-state index contributed by atoms with van der Waals surface area (Å²) >= 11 is 0. The SMILES string of the molecule is C=C(C)C(=C)C(NC)c1ccccc1. The summed E-state index contributed by atoms with van der Waals surface area (Å²) in [6.45, 7) is 9.93. The molecule has 0 saturated heterocycles. The molecule has 0 aliphatic rings. The molecule has 0 aliphatic heterocycles. The molecule has 0 heterocycles. The third-order valence-electron chi connectivity index (χ3n) is 2.32. The predicted octanol–water partition coefficient (Wildman–Crippen LogP) is 3.08. The largest absolute Gasteiger partial charge is 0.309 e. The van der Waals surface area contributed by atoms with Crippen LogP contribution in [0.25, 0.3) is 0 Å². The van der Waals surface area contributed by atoms with Crippen LogP contribution in [0.15, 0.2) is 54.6 Å². The molecule has 1 aromatic carbocycles. The van der Waals surface area contributed by atoms with E-state index in [1.165, 1.54) is 5.56 Å². The van der Waals surface area contributed by atoms with Gasteiger partial charge in [-0.1, -0.05) is 49.1 Å². The molecule has 0 radical (unpaired) electrons. The molecule has 1 unspecified atom stereocenters. The molecule has 1 atom stereocenters. The average Bonchev–Trinajstić information content (AvgIpc) is 2.20. The van der Waals surface area contributed by atoms with Crippen LogP contribution in [0.1, 0.15) is 18.5 Å². The Kier molecular flexibility index (Phi) is 3.66. The van der Waals surface area contributed by atoms with Gasteiger partial charge in [0.05, 0.1) is 6.04 Å². The molecule has 0 saturated carbocycles. The summed E-state index contributed by atoms with van der Waals surface area (Å²) in [5, 5.41) is 3.24. The molecule has 1 rings (SSSR count). The van der Waals surface area contributed by atoms with Gasteiger partial charge in [-0.3, -0.25) is 0 Å². The van der Waals surface area contributed by atoms with Gasteiger partial charge in [0.25, 0.3) is 0 Å². The van der Waals surface area contributed by atoms with E-state index in [-0.39, 0.29) is 6.04 Å². The van der Waals surface area contributed by atoms with E-state index in [2.05, 4.69) is 30.6 Å². The van der Waals surface area contributed by atoms with Gasteiger partial charge in [0.1, 0.15) is 0 Å². The molecule has 14 heavy (non-hydrogen) atoms. The molecular weight excluding hydrogens is 170 g/mol. The first-order chi connectivity index (χ1) is 6.66. The Morgan fingerprint density at radius 1 is 1.21 bits per heavy atom. The number of benzene rings is 1. The monoisotopic (exact) mass is 187 g/mol. The van der Waals surface area contributed by atoms with Crippen LogP contribution in [-0.2, 0) is 0 Å². The Labute approximate surface area is 86.2 Å². The maximum absolute atomic E-state index is 4.04. The maximum atomic E-state index is 4.04. The molecule has 1 nitrogen and oxygen atoms in total. The summed E-state index contributed by atoms with van der Waals surface area (Å²) in [7, 11) is 1.94. The zero-order chi connectivity index (χ0) is 10.6. The van der Waals surface area contributed by atoms with Crippen LogP contribution < -0.4 is 5.32 Å². The Morgan fingerprint density at radius 3 is 2.21 bits per heavy atom. The first kappa shape index (κ1) is 10.7. The molecule has 1 aromatic rings. The van der Waals surface area contributed by atoms with Crippen LogP contribution >= 0.6 is 0 Å². The first-order valence-electron chi connectivity index (χ1n) is 4.73. The van der Waals surface area contributed by atoms with E-state index in [1.54, 1.807) is 0 Å². The fraction of sp³-hybridized carbons (Fsp3) is 0.231. The fourth-order valence-corrected chi connectivity index (χ4v) is 1.43. The average molecular weight is 187 g/mol. The number of nitrogens with one attached hydrogen (secondary N) is 1. The predicted molar refractivity (Wildman–Crippen MR) is 62.2 cm³/mol. The van der Waals surface area contributed by atoms with E-state index < -0.39 is 0 Å². The minimum atomic E-state index is 0.175. The number of hydrogen-bond donors (Lipinski definition) is 1. The van der Waals surface area contributed by atoms with Crippen molar-refractivity contribution in [3.8, 4) is 0 Å². The Balaban J connectivity index is 2.93. The van der Waals surface area contributed by atoms with Crippen LogP contribution in [0.5, 0.6) is 0 Å². The minimum absolute atomic E-state index is 0.175. The zero-order valence-corrected chi connectivity index (χ0v) is 8.88. The van der Waals surface area contributed by atoms with Crippen molar-refractivity contribution in [2.75, 3.05) is 7.05 Å². The zero-order valence-electron chi connectivity index (χ0n) is 8.88. The van der Waals surface area contributed by atoms with Crippen molar-refractivity contribution in [2.45, 2.75) is 13.0 Å². The van der Waals surface area contributed by atoms with E-state index in [9.17, 15) is 0 Å². The van der Waals surface area contributed by atoms with Gasteiger partial charge in [-0.2, -0.15) is 0 Å².